The van der Waals surface area contributed by atoms with Gasteiger partial charge in [0, 0.05) is 17.0 Å². The van der Waals surface area contributed by atoms with Gasteiger partial charge in [0.25, 0.3) is 25.8 Å². The molecular formula is C41H33N2O8S2+. The molecule has 0 radical (unpaired) electrons. The summed E-state index contributed by atoms with van der Waals surface area (Å²) < 4.78 is 84.7. The van der Waals surface area contributed by atoms with Gasteiger partial charge in [-0.2, -0.15) is 21.4 Å². The molecule has 2 heterocycles. The predicted octanol–water partition coefficient (Wildman–Crippen LogP) is 8.30. The first-order chi connectivity index (χ1) is 25.5. The number of benzene rings is 6. The van der Waals surface area contributed by atoms with Crippen molar-refractivity contribution in [3.63, 3.8) is 0 Å². The first kappa shape index (κ1) is 34.3. The minimum Gasteiger partial charge on any atom is -0.439 e. The molecule has 1 aliphatic rings. The van der Waals surface area contributed by atoms with E-state index < -0.39 is 20.2 Å². The van der Waals surface area contributed by atoms with Gasteiger partial charge in [0.2, 0.25) is 11.5 Å². The quantitative estimate of drug-likeness (QED) is 0.110. The van der Waals surface area contributed by atoms with E-state index in [1.807, 2.05) is 101 Å². The van der Waals surface area contributed by atoms with E-state index in [-0.39, 0.29) is 22.9 Å². The predicted molar refractivity (Wildman–Crippen MR) is 203 cm³/mol. The molecule has 0 spiro atoms. The standard InChI is InChI=1S/C41H32N2O8S2/c1-2-27(23-38-42(25-30-13-5-9-17-36(30)52(44,45)46)40-32-15-7-3-11-28(32)19-21-34(40)50-38)24-39-43(26-31-14-6-10-18-37(31)53(47,48)49)41-33-16-8-4-12-29(33)20-22-35(41)51-39/h3-24H,2,25-26H2,1H3,(H-,44,45,46,47,48,49)/p+1. The van der Waals surface area contributed by atoms with Crippen LogP contribution in [0.5, 0.6) is 5.75 Å². The van der Waals surface area contributed by atoms with Crippen LogP contribution < -0.4 is 14.2 Å². The third kappa shape index (κ3) is 6.46. The second-order valence-corrected chi connectivity index (χ2v) is 15.5. The maximum atomic E-state index is 12.4. The Morgan fingerprint density at radius 3 is 2.00 bits per heavy atom. The van der Waals surface area contributed by atoms with E-state index in [0.717, 1.165) is 38.3 Å². The fraction of sp³-hybridized carbons (Fsp3) is 0.0976. The summed E-state index contributed by atoms with van der Waals surface area (Å²) in [4.78, 5) is 1.51. The summed E-state index contributed by atoms with van der Waals surface area (Å²) in [6, 6.07) is 36.0. The second-order valence-electron chi connectivity index (χ2n) is 12.7. The van der Waals surface area contributed by atoms with Crippen LogP contribution in [0.1, 0.15) is 30.4 Å². The molecule has 0 saturated heterocycles. The van der Waals surface area contributed by atoms with E-state index in [0.29, 0.717) is 40.7 Å². The zero-order valence-electron chi connectivity index (χ0n) is 28.4. The van der Waals surface area contributed by atoms with Crippen molar-refractivity contribution >= 4 is 64.6 Å². The van der Waals surface area contributed by atoms with Crippen LogP contribution in [0.25, 0.3) is 38.7 Å². The Labute approximate surface area is 306 Å². The number of anilines is 1. The third-order valence-corrected chi connectivity index (χ3v) is 11.3. The Bertz CT molecular complexity index is 2880. The first-order valence-electron chi connectivity index (χ1n) is 16.8. The number of aromatic nitrogens is 1. The topological polar surface area (TPSA) is 138 Å². The lowest BCUT2D eigenvalue weighted by molar-refractivity contribution is -0.668. The molecule has 0 atom stereocenters. The summed E-state index contributed by atoms with van der Waals surface area (Å²) in [5.41, 5.74) is 3.63. The molecule has 6 aromatic carbocycles. The van der Waals surface area contributed by atoms with Gasteiger partial charge in [-0.25, -0.2) is 0 Å². The van der Waals surface area contributed by atoms with Crippen molar-refractivity contribution < 1.29 is 39.7 Å². The molecule has 53 heavy (non-hydrogen) atoms. The van der Waals surface area contributed by atoms with E-state index >= 15 is 0 Å². The van der Waals surface area contributed by atoms with Crippen molar-refractivity contribution in [2.45, 2.75) is 36.2 Å². The highest BCUT2D eigenvalue weighted by molar-refractivity contribution is 7.86. The monoisotopic (exact) mass is 745 g/mol. The van der Waals surface area contributed by atoms with Crippen molar-refractivity contribution in [3.05, 3.63) is 156 Å². The number of allylic oxidation sites excluding steroid dienone is 2. The number of hydrogen-bond donors (Lipinski definition) is 2. The Morgan fingerprint density at radius 1 is 0.717 bits per heavy atom. The molecule has 1 aromatic heterocycles. The lowest BCUT2D eigenvalue weighted by Crippen LogP contribution is -2.36. The van der Waals surface area contributed by atoms with Gasteiger partial charge in [0.15, 0.2) is 12.3 Å². The fourth-order valence-corrected chi connectivity index (χ4v) is 8.38. The van der Waals surface area contributed by atoms with Crippen LogP contribution in [0.3, 0.4) is 0 Å². The molecule has 1 aliphatic heterocycles. The zero-order valence-corrected chi connectivity index (χ0v) is 30.0. The normalized spacial score (nSPS) is 14.4. The summed E-state index contributed by atoms with van der Waals surface area (Å²) >= 11 is 0. The molecule has 8 rings (SSSR count). The summed E-state index contributed by atoms with van der Waals surface area (Å²) in [5.74, 6) is 1.45. The van der Waals surface area contributed by atoms with Crippen LogP contribution in [0.15, 0.2) is 153 Å². The smallest absolute Gasteiger partial charge is 0.374 e. The van der Waals surface area contributed by atoms with Crippen LogP contribution in [0.2, 0.25) is 0 Å². The summed E-state index contributed by atoms with van der Waals surface area (Å²) in [7, 11) is -9.04. The Morgan fingerprint density at radius 2 is 1.30 bits per heavy atom. The minimum absolute atomic E-state index is 0.0723. The molecule has 12 heteroatoms. The van der Waals surface area contributed by atoms with Crippen molar-refractivity contribution in [1.82, 2.24) is 0 Å². The number of ether oxygens (including phenoxy) is 1. The molecule has 0 saturated carbocycles. The molecule has 0 unspecified atom stereocenters. The number of rotatable bonds is 9. The van der Waals surface area contributed by atoms with Crippen molar-refractivity contribution in [2.75, 3.05) is 4.90 Å². The van der Waals surface area contributed by atoms with Gasteiger partial charge >= 0.3 is 5.89 Å². The van der Waals surface area contributed by atoms with E-state index in [2.05, 4.69) is 0 Å². The summed E-state index contributed by atoms with van der Waals surface area (Å²) in [6.07, 6.45) is 4.26. The highest BCUT2D eigenvalue weighted by atomic mass is 32.2. The number of oxazole rings is 1. The van der Waals surface area contributed by atoms with Crippen molar-refractivity contribution in [3.8, 4) is 5.75 Å². The maximum absolute atomic E-state index is 12.4. The molecule has 0 fully saturated rings. The molecule has 10 nitrogen and oxygen atoms in total. The molecular weight excluding hydrogens is 713 g/mol. The van der Waals surface area contributed by atoms with Crippen LogP contribution >= 0.6 is 0 Å². The Balaban J connectivity index is 1.30. The third-order valence-electron chi connectivity index (χ3n) is 9.41. The van der Waals surface area contributed by atoms with Crippen LogP contribution in [0.4, 0.5) is 5.69 Å². The van der Waals surface area contributed by atoms with E-state index in [4.69, 9.17) is 9.15 Å². The van der Waals surface area contributed by atoms with Gasteiger partial charge in [0.1, 0.15) is 4.90 Å². The average Bonchev–Trinajstić information content (AvgIpc) is 3.68. The van der Waals surface area contributed by atoms with Crippen molar-refractivity contribution in [1.29, 1.82) is 0 Å². The molecule has 0 bridgehead atoms. The van der Waals surface area contributed by atoms with Gasteiger partial charge in [-0.3, -0.25) is 9.11 Å². The van der Waals surface area contributed by atoms with E-state index in [1.54, 1.807) is 36.4 Å². The lowest BCUT2D eigenvalue weighted by atomic mass is 10.1. The van der Waals surface area contributed by atoms with Gasteiger partial charge < -0.3 is 14.1 Å². The average molecular weight is 746 g/mol. The second kappa shape index (κ2) is 13.3. The largest absolute Gasteiger partial charge is 0.439 e. The molecule has 266 valence electrons. The van der Waals surface area contributed by atoms with Crippen LogP contribution in [0, 0.1) is 0 Å². The van der Waals surface area contributed by atoms with Gasteiger partial charge in [0.05, 0.1) is 28.6 Å². The van der Waals surface area contributed by atoms with Crippen LogP contribution in [-0.4, -0.2) is 25.9 Å². The van der Waals surface area contributed by atoms with Gasteiger partial charge in [-0.1, -0.05) is 97.9 Å². The first-order valence-corrected chi connectivity index (χ1v) is 19.7. The summed E-state index contributed by atoms with van der Waals surface area (Å²) in [5, 5.41) is 3.74. The highest BCUT2D eigenvalue weighted by Gasteiger charge is 2.31. The van der Waals surface area contributed by atoms with Crippen LogP contribution in [-0.2, 0) is 33.3 Å². The molecule has 7 aromatic rings. The van der Waals surface area contributed by atoms with Gasteiger partial charge in [-0.05, 0) is 58.7 Å². The zero-order chi connectivity index (χ0) is 36.9. The van der Waals surface area contributed by atoms with Crippen molar-refractivity contribution in [2.24, 2.45) is 0 Å². The minimum atomic E-state index is -4.52. The fourth-order valence-electron chi connectivity index (χ4n) is 6.95. The molecule has 0 aliphatic carbocycles. The van der Waals surface area contributed by atoms with E-state index in [9.17, 15) is 25.9 Å². The number of fused-ring (bicyclic) bond motifs is 6. The number of nitrogens with zero attached hydrogens (tertiary/aromatic N) is 2. The number of hydrogen-bond acceptors (Lipinski definition) is 7. The molecule has 2 N–H and O–H groups in total. The lowest BCUT2D eigenvalue weighted by Gasteiger charge is -2.21. The molecule has 0 amide bonds. The maximum Gasteiger partial charge on any atom is 0.374 e. The Hall–Kier alpha value is -5.79. The summed E-state index contributed by atoms with van der Waals surface area (Å²) in [6.45, 7) is 2.13. The van der Waals surface area contributed by atoms with Gasteiger partial charge in [-0.15, -0.1) is 0 Å². The SMILES string of the molecule is CCC(=Cc1oc2ccc3ccccc3c2[n+]1Cc1ccccc1S(=O)(=O)O)C=C1Oc2ccc3ccccc3c2N1Cc1ccccc1S(=O)(=O)O. The Kier molecular flexibility index (Phi) is 8.62. The van der Waals surface area contributed by atoms with E-state index in [1.165, 1.54) is 12.1 Å². The highest BCUT2D eigenvalue weighted by Crippen LogP contribution is 2.45.